The number of aliphatic carboxylic acids is 1. The van der Waals surface area contributed by atoms with E-state index in [9.17, 15) is 4.79 Å². The molecule has 0 aliphatic heterocycles. The van der Waals surface area contributed by atoms with Crippen LogP contribution in [-0.4, -0.2) is 23.2 Å². The Labute approximate surface area is 78.5 Å². The van der Waals surface area contributed by atoms with Crippen LogP contribution in [0.4, 0.5) is 0 Å². The van der Waals surface area contributed by atoms with Gasteiger partial charge in [0.2, 0.25) is 0 Å². The molecule has 2 N–H and O–H groups in total. The second-order valence-corrected chi connectivity index (χ2v) is 4.42. The van der Waals surface area contributed by atoms with E-state index in [1.54, 1.807) is 6.92 Å². The van der Waals surface area contributed by atoms with Gasteiger partial charge in [-0.2, -0.15) is 0 Å². The largest absolute Gasteiger partial charge is 0.480 e. The van der Waals surface area contributed by atoms with E-state index in [2.05, 4.69) is 5.32 Å². The summed E-state index contributed by atoms with van der Waals surface area (Å²) in [6.45, 7) is 1.73. The Kier molecular flexibility index (Phi) is 2.28. The van der Waals surface area contributed by atoms with Crippen molar-refractivity contribution < 1.29 is 9.90 Å². The van der Waals surface area contributed by atoms with E-state index in [-0.39, 0.29) is 6.04 Å². The van der Waals surface area contributed by atoms with Crippen molar-refractivity contribution in [3.8, 4) is 0 Å². The molecular formula is C10H17NO2. The molecule has 0 aromatic carbocycles. The molecule has 0 aromatic rings. The molecule has 0 amide bonds. The quantitative estimate of drug-likeness (QED) is 0.692. The van der Waals surface area contributed by atoms with Crippen LogP contribution in [0.2, 0.25) is 0 Å². The van der Waals surface area contributed by atoms with Crippen molar-refractivity contribution in [1.29, 1.82) is 0 Å². The summed E-state index contributed by atoms with van der Waals surface area (Å²) in [6.07, 6.45) is 5.12. The third-order valence-electron chi connectivity index (χ3n) is 3.42. The average molecular weight is 183 g/mol. The number of hydrogen-bond donors (Lipinski definition) is 2. The molecule has 2 fully saturated rings. The van der Waals surface area contributed by atoms with Crippen molar-refractivity contribution in [3.63, 3.8) is 0 Å². The van der Waals surface area contributed by atoms with Crippen molar-refractivity contribution in [2.45, 2.75) is 44.7 Å². The highest BCUT2D eigenvalue weighted by Crippen LogP contribution is 2.49. The molecule has 3 heteroatoms. The Morgan fingerprint density at radius 1 is 1.54 bits per heavy atom. The highest BCUT2D eigenvalue weighted by Gasteiger charge is 2.45. The number of fused-ring (bicyclic) bond motifs is 1. The van der Waals surface area contributed by atoms with Crippen LogP contribution in [0.3, 0.4) is 0 Å². The summed E-state index contributed by atoms with van der Waals surface area (Å²) < 4.78 is 0. The van der Waals surface area contributed by atoms with Crippen LogP contribution < -0.4 is 5.32 Å². The Bertz CT molecular complexity index is 217. The van der Waals surface area contributed by atoms with Crippen LogP contribution in [0.25, 0.3) is 0 Å². The molecule has 2 aliphatic rings. The van der Waals surface area contributed by atoms with Gasteiger partial charge in [-0.15, -0.1) is 0 Å². The van der Waals surface area contributed by atoms with Crippen molar-refractivity contribution >= 4 is 5.97 Å². The van der Waals surface area contributed by atoms with E-state index < -0.39 is 5.97 Å². The molecule has 74 valence electrons. The van der Waals surface area contributed by atoms with Crippen LogP contribution in [0.15, 0.2) is 0 Å². The molecule has 2 rings (SSSR count). The minimum absolute atomic E-state index is 0.385. The zero-order valence-corrected chi connectivity index (χ0v) is 7.99. The second kappa shape index (κ2) is 3.29. The minimum Gasteiger partial charge on any atom is -0.480 e. The predicted octanol–water partition coefficient (Wildman–Crippen LogP) is 1.24. The molecule has 0 saturated heterocycles. The van der Waals surface area contributed by atoms with Crippen molar-refractivity contribution in [1.82, 2.24) is 5.32 Å². The summed E-state index contributed by atoms with van der Waals surface area (Å²) in [5, 5.41) is 12.0. The molecule has 2 saturated carbocycles. The lowest BCUT2D eigenvalue weighted by atomic mass is 9.95. The topological polar surface area (TPSA) is 49.3 Å². The van der Waals surface area contributed by atoms with Crippen molar-refractivity contribution in [2.75, 3.05) is 0 Å². The van der Waals surface area contributed by atoms with E-state index in [1.165, 1.54) is 25.7 Å². The maximum Gasteiger partial charge on any atom is 0.320 e. The lowest BCUT2D eigenvalue weighted by molar-refractivity contribution is -0.139. The Morgan fingerprint density at radius 2 is 2.31 bits per heavy atom. The van der Waals surface area contributed by atoms with E-state index in [0.29, 0.717) is 6.04 Å². The number of carboxylic acid groups (broad SMARTS) is 1. The standard InChI is InChI=1S/C10H17NO2/c1-6(10(12)13)11-9-4-2-3-7-5-8(7)9/h6-9,11H,2-5H2,1H3,(H,12,13)/t6-,7-,8+,9?/m1/s1. The van der Waals surface area contributed by atoms with Gasteiger partial charge >= 0.3 is 5.97 Å². The molecule has 13 heavy (non-hydrogen) atoms. The molecular weight excluding hydrogens is 166 g/mol. The first-order chi connectivity index (χ1) is 6.18. The smallest absolute Gasteiger partial charge is 0.320 e. The zero-order chi connectivity index (χ0) is 9.42. The van der Waals surface area contributed by atoms with Gasteiger partial charge < -0.3 is 10.4 Å². The number of carboxylic acids is 1. The van der Waals surface area contributed by atoms with E-state index in [0.717, 1.165) is 11.8 Å². The Balaban J connectivity index is 1.84. The third-order valence-corrected chi connectivity index (χ3v) is 3.42. The number of nitrogens with one attached hydrogen (secondary N) is 1. The van der Waals surface area contributed by atoms with Gasteiger partial charge in [-0.25, -0.2) is 0 Å². The second-order valence-electron chi connectivity index (χ2n) is 4.42. The molecule has 0 heterocycles. The normalized spacial score (nSPS) is 39.3. The molecule has 0 aromatic heterocycles. The molecule has 2 aliphatic carbocycles. The van der Waals surface area contributed by atoms with Crippen LogP contribution >= 0.6 is 0 Å². The predicted molar refractivity (Wildman–Crippen MR) is 49.5 cm³/mol. The summed E-state index contributed by atoms with van der Waals surface area (Å²) in [4.78, 5) is 10.6. The van der Waals surface area contributed by atoms with Gasteiger partial charge in [0.25, 0.3) is 0 Å². The maximum absolute atomic E-state index is 10.6. The van der Waals surface area contributed by atoms with Crippen molar-refractivity contribution in [2.24, 2.45) is 11.8 Å². The molecule has 0 bridgehead atoms. The fourth-order valence-corrected chi connectivity index (χ4v) is 2.51. The molecule has 1 unspecified atom stereocenters. The van der Waals surface area contributed by atoms with Gasteiger partial charge in [0, 0.05) is 6.04 Å². The lowest BCUT2D eigenvalue weighted by Gasteiger charge is -2.24. The fraction of sp³-hybridized carbons (Fsp3) is 0.900. The molecule has 3 nitrogen and oxygen atoms in total. The van der Waals surface area contributed by atoms with Crippen LogP contribution in [0.5, 0.6) is 0 Å². The first-order valence-corrected chi connectivity index (χ1v) is 5.17. The number of rotatable bonds is 3. The van der Waals surface area contributed by atoms with Gasteiger partial charge in [0.1, 0.15) is 6.04 Å². The van der Waals surface area contributed by atoms with E-state index >= 15 is 0 Å². The zero-order valence-electron chi connectivity index (χ0n) is 7.99. The number of hydrogen-bond acceptors (Lipinski definition) is 2. The Hall–Kier alpha value is -0.570. The van der Waals surface area contributed by atoms with Crippen LogP contribution in [0, 0.1) is 11.8 Å². The van der Waals surface area contributed by atoms with Gasteiger partial charge in [-0.1, -0.05) is 12.8 Å². The molecule has 4 atom stereocenters. The van der Waals surface area contributed by atoms with Crippen molar-refractivity contribution in [3.05, 3.63) is 0 Å². The lowest BCUT2D eigenvalue weighted by Crippen LogP contribution is -2.43. The fourth-order valence-electron chi connectivity index (χ4n) is 2.51. The summed E-state index contributed by atoms with van der Waals surface area (Å²) in [5.41, 5.74) is 0. The molecule has 0 radical (unpaired) electrons. The van der Waals surface area contributed by atoms with Crippen LogP contribution in [0.1, 0.15) is 32.6 Å². The Morgan fingerprint density at radius 3 is 3.00 bits per heavy atom. The monoisotopic (exact) mass is 183 g/mol. The highest BCUT2D eigenvalue weighted by molar-refractivity contribution is 5.72. The maximum atomic E-state index is 10.6. The summed E-state index contributed by atoms with van der Waals surface area (Å²) in [7, 11) is 0. The van der Waals surface area contributed by atoms with Crippen LogP contribution in [-0.2, 0) is 4.79 Å². The summed E-state index contributed by atoms with van der Waals surface area (Å²) in [6, 6.07) is 0.0919. The third kappa shape index (κ3) is 1.85. The summed E-state index contributed by atoms with van der Waals surface area (Å²) in [5.74, 6) is 0.963. The molecule has 0 spiro atoms. The van der Waals surface area contributed by atoms with Gasteiger partial charge in [-0.05, 0) is 31.6 Å². The first kappa shape index (κ1) is 9.00. The summed E-state index contributed by atoms with van der Waals surface area (Å²) >= 11 is 0. The average Bonchev–Trinajstić information content (AvgIpc) is 2.83. The van der Waals surface area contributed by atoms with Gasteiger partial charge in [0.05, 0.1) is 0 Å². The first-order valence-electron chi connectivity index (χ1n) is 5.17. The number of carbonyl (C=O) groups is 1. The van der Waals surface area contributed by atoms with Gasteiger partial charge in [0.15, 0.2) is 0 Å². The van der Waals surface area contributed by atoms with E-state index in [4.69, 9.17) is 5.11 Å². The highest BCUT2D eigenvalue weighted by atomic mass is 16.4. The minimum atomic E-state index is -0.734. The van der Waals surface area contributed by atoms with Gasteiger partial charge in [-0.3, -0.25) is 4.79 Å². The van der Waals surface area contributed by atoms with E-state index in [1.807, 2.05) is 0 Å². The SMILES string of the molecule is C[C@@H](NC1CCC[C@@H]2C[C@H]12)C(=O)O.